The number of amides is 1. The molecule has 0 aromatic carbocycles. The van der Waals surface area contributed by atoms with Gasteiger partial charge in [-0.05, 0) is 6.92 Å². The van der Waals surface area contributed by atoms with Gasteiger partial charge in [-0.15, -0.1) is 0 Å². The Morgan fingerprint density at radius 3 is 2.44 bits per heavy atom. The molecule has 4 nitrogen and oxygen atoms in total. The first-order chi connectivity index (χ1) is 4.20. The molecule has 9 heavy (non-hydrogen) atoms. The van der Waals surface area contributed by atoms with Crippen LogP contribution in [0.15, 0.2) is 0 Å². The fourth-order valence-corrected chi connectivity index (χ4v) is 0.284. The van der Waals surface area contributed by atoms with Gasteiger partial charge in [0.25, 0.3) is 0 Å². The molecule has 0 rings (SSSR count). The highest BCUT2D eigenvalue weighted by atomic mass is 16.6. The van der Waals surface area contributed by atoms with Gasteiger partial charge in [0.2, 0.25) is 0 Å². The van der Waals surface area contributed by atoms with Crippen LogP contribution in [-0.4, -0.2) is 26.5 Å². The van der Waals surface area contributed by atoms with E-state index in [0.717, 1.165) is 0 Å². The Morgan fingerprint density at radius 2 is 2.11 bits per heavy atom. The summed E-state index contributed by atoms with van der Waals surface area (Å²) in [5, 5.41) is 2.40. The Morgan fingerprint density at radius 1 is 1.56 bits per heavy atom. The first-order valence-electron chi connectivity index (χ1n) is 2.58. The Labute approximate surface area is 54.1 Å². The van der Waals surface area contributed by atoms with Crippen molar-refractivity contribution in [1.29, 1.82) is 0 Å². The topological polar surface area (TPSA) is 47.6 Å². The summed E-state index contributed by atoms with van der Waals surface area (Å²) in [6.45, 7) is 1.71. The maximum atomic E-state index is 10.4. The van der Waals surface area contributed by atoms with Crippen molar-refractivity contribution in [3.63, 3.8) is 0 Å². The Kier molecular flexibility index (Phi) is 3.79. The van der Waals surface area contributed by atoms with Crippen molar-refractivity contribution < 1.29 is 14.3 Å². The Hall–Kier alpha value is -0.770. The lowest BCUT2D eigenvalue weighted by Crippen LogP contribution is -2.33. The summed E-state index contributed by atoms with van der Waals surface area (Å²) in [4.78, 5) is 10.4. The summed E-state index contributed by atoms with van der Waals surface area (Å²) in [7, 11) is 2.80. The number of rotatable bonds is 2. The maximum Gasteiger partial charge on any atom is 0.408 e. The standard InChI is InChI=1S/C5H11NO3/c1-4(8-2)6-5(7)9-3/h4H,1-3H3,(H,6,7). The van der Waals surface area contributed by atoms with Crippen molar-refractivity contribution in [3.8, 4) is 0 Å². The predicted molar refractivity (Wildman–Crippen MR) is 32.0 cm³/mol. The maximum absolute atomic E-state index is 10.4. The van der Waals surface area contributed by atoms with Gasteiger partial charge >= 0.3 is 6.09 Å². The van der Waals surface area contributed by atoms with Crippen LogP contribution in [-0.2, 0) is 9.47 Å². The van der Waals surface area contributed by atoms with Gasteiger partial charge in [-0.3, -0.25) is 5.32 Å². The van der Waals surface area contributed by atoms with Gasteiger partial charge < -0.3 is 9.47 Å². The smallest absolute Gasteiger partial charge is 0.408 e. The van der Waals surface area contributed by atoms with E-state index in [0.29, 0.717) is 0 Å². The van der Waals surface area contributed by atoms with Gasteiger partial charge in [0.1, 0.15) is 6.23 Å². The van der Waals surface area contributed by atoms with Crippen LogP contribution in [0, 0.1) is 0 Å². The van der Waals surface area contributed by atoms with Crippen molar-refractivity contribution >= 4 is 6.09 Å². The second-order valence-electron chi connectivity index (χ2n) is 1.51. The van der Waals surface area contributed by atoms with Gasteiger partial charge in [-0.2, -0.15) is 0 Å². The molecule has 0 aliphatic heterocycles. The summed E-state index contributed by atoms with van der Waals surface area (Å²) in [5.74, 6) is 0. The second kappa shape index (κ2) is 4.14. The molecule has 0 saturated carbocycles. The number of nitrogens with one attached hydrogen (secondary N) is 1. The van der Waals surface area contributed by atoms with E-state index in [1.165, 1.54) is 14.2 Å². The van der Waals surface area contributed by atoms with E-state index in [1.54, 1.807) is 6.92 Å². The lowest BCUT2D eigenvalue weighted by atomic mass is 10.6. The number of alkyl carbamates (subject to hydrolysis) is 1. The van der Waals surface area contributed by atoms with Crippen LogP contribution in [0.2, 0.25) is 0 Å². The highest BCUT2D eigenvalue weighted by molar-refractivity contribution is 5.66. The van der Waals surface area contributed by atoms with Gasteiger partial charge in [-0.25, -0.2) is 4.79 Å². The minimum absolute atomic E-state index is 0.294. The van der Waals surface area contributed by atoms with E-state index < -0.39 is 6.09 Å². The lowest BCUT2D eigenvalue weighted by Gasteiger charge is -2.09. The SMILES string of the molecule is COC(=O)NC(C)OC. The molecular weight excluding hydrogens is 122 g/mol. The Bertz CT molecular complexity index is 94.2. The predicted octanol–water partition coefficient (Wildman–Crippen LogP) is 0.335. The molecule has 0 aliphatic carbocycles. The van der Waals surface area contributed by atoms with Crippen LogP contribution in [0.3, 0.4) is 0 Å². The van der Waals surface area contributed by atoms with E-state index in [4.69, 9.17) is 4.74 Å². The molecule has 0 aliphatic rings. The minimum atomic E-state index is -0.482. The highest BCUT2D eigenvalue weighted by Gasteiger charge is 2.02. The average molecular weight is 133 g/mol. The Balaban J connectivity index is 3.34. The van der Waals surface area contributed by atoms with Crippen molar-refractivity contribution in [2.75, 3.05) is 14.2 Å². The van der Waals surface area contributed by atoms with Crippen LogP contribution in [0.5, 0.6) is 0 Å². The fraction of sp³-hybridized carbons (Fsp3) is 0.800. The molecule has 1 amide bonds. The molecule has 1 unspecified atom stereocenters. The molecule has 0 bridgehead atoms. The normalized spacial score (nSPS) is 12.3. The van der Waals surface area contributed by atoms with Crippen LogP contribution < -0.4 is 5.32 Å². The molecular formula is C5H11NO3. The first-order valence-corrected chi connectivity index (χ1v) is 2.58. The molecule has 1 atom stereocenters. The number of ether oxygens (including phenoxy) is 2. The van der Waals surface area contributed by atoms with E-state index >= 15 is 0 Å². The third kappa shape index (κ3) is 3.78. The van der Waals surface area contributed by atoms with E-state index in [9.17, 15) is 4.79 Å². The number of methoxy groups -OCH3 is 2. The number of carbonyl (C=O) groups excluding carboxylic acids is 1. The number of hydrogen-bond acceptors (Lipinski definition) is 3. The third-order valence-corrected chi connectivity index (χ3v) is 0.860. The van der Waals surface area contributed by atoms with E-state index in [-0.39, 0.29) is 6.23 Å². The quantitative estimate of drug-likeness (QED) is 0.552. The van der Waals surface area contributed by atoms with Crippen molar-refractivity contribution in [3.05, 3.63) is 0 Å². The van der Waals surface area contributed by atoms with Crippen LogP contribution in [0.1, 0.15) is 6.92 Å². The van der Waals surface area contributed by atoms with Gasteiger partial charge in [0, 0.05) is 7.11 Å². The molecule has 54 valence electrons. The molecule has 0 radical (unpaired) electrons. The van der Waals surface area contributed by atoms with Crippen molar-refractivity contribution in [2.24, 2.45) is 0 Å². The number of hydrogen-bond donors (Lipinski definition) is 1. The molecule has 0 aromatic rings. The largest absolute Gasteiger partial charge is 0.453 e. The molecule has 4 heteroatoms. The third-order valence-electron chi connectivity index (χ3n) is 0.860. The van der Waals surface area contributed by atoms with Gasteiger partial charge in [-0.1, -0.05) is 0 Å². The summed E-state index contributed by atoms with van der Waals surface area (Å²) in [6, 6.07) is 0. The molecule has 0 spiro atoms. The zero-order chi connectivity index (χ0) is 7.28. The van der Waals surface area contributed by atoms with Gasteiger partial charge in [0.05, 0.1) is 7.11 Å². The molecule has 0 aromatic heterocycles. The van der Waals surface area contributed by atoms with Crippen molar-refractivity contribution in [1.82, 2.24) is 5.32 Å². The minimum Gasteiger partial charge on any atom is -0.453 e. The molecule has 0 heterocycles. The van der Waals surface area contributed by atoms with E-state index in [2.05, 4.69) is 10.1 Å². The van der Waals surface area contributed by atoms with Crippen molar-refractivity contribution in [2.45, 2.75) is 13.2 Å². The van der Waals surface area contributed by atoms with E-state index in [1.807, 2.05) is 0 Å². The van der Waals surface area contributed by atoms with Gasteiger partial charge in [0.15, 0.2) is 0 Å². The molecule has 0 saturated heterocycles. The summed E-state index contributed by atoms with van der Waals surface area (Å²) in [6.07, 6.45) is -0.776. The summed E-state index contributed by atoms with van der Waals surface area (Å²) < 4.78 is 9.00. The molecule has 0 fully saturated rings. The lowest BCUT2D eigenvalue weighted by molar-refractivity contribution is 0.0799. The monoisotopic (exact) mass is 133 g/mol. The van der Waals surface area contributed by atoms with Crippen LogP contribution in [0.25, 0.3) is 0 Å². The van der Waals surface area contributed by atoms with Crippen LogP contribution >= 0.6 is 0 Å². The number of carbonyl (C=O) groups is 1. The van der Waals surface area contributed by atoms with Crippen LogP contribution in [0.4, 0.5) is 4.79 Å². The average Bonchev–Trinajstić information content (AvgIpc) is 1.87. The zero-order valence-electron chi connectivity index (χ0n) is 5.80. The highest BCUT2D eigenvalue weighted by Crippen LogP contribution is 1.81. The summed E-state index contributed by atoms with van der Waals surface area (Å²) in [5.41, 5.74) is 0. The zero-order valence-corrected chi connectivity index (χ0v) is 5.80. The molecule has 1 N–H and O–H groups in total. The summed E-state index contributed by atoms with van der Waals surface area (Å²) >= 11 is 0. The first kappa shape index (κ1) is 8.23. The second-order valence-corrected chi connectivity index (χ2v) is 1.51. The fourth-order valence-electron chi connectivity index (χ4n) is 0.284.